The van der Waals surface area contributed by atoms with Gasteiger partial charge < -0.3 is 4.74 Å². The highest BCUT2D eigenvalue weighted by Crippen LogP contribution is 2.10. The predicted octanol–water partition coefficient (Wildman–Crippen LogP) is 2.79. The molecular formula is C12H14FNO. The molecule has 15 heavy (non-hydrogen) atoms. The summed E-state index contributed by atoms with van der Waals surface area (Å²) in [5, 5.41) is 0. The SMILES string of the molecule is C=C(OC)/C(=N\CC)c1ccc(F)cc1. The number of methoxy groups -OCH3 is 1. The van der Waals surface area contributed by atoms with Gasteiger partial charge in [-0.3, -0.25) is 4.99 Å². The fraction of sp³-hybridized carbons (Fsp3) is 0.250. The van der Waals surface area contributed by atoms with Gasteiger partial charge in [0.1, 0.15) is 17.3 Å². The van der Waals surface area contributed by atoms with E-state index in [1.165, 1.54) is 19.2 Å². The van der Waals surface area contributed by atoms with Crippen molar-refractivity contribution in [3.63, 3.8) is 0 Å². The summed E-state index contributed by atoms with van der Waals surface area (Å²) in [5.41, 5.74) is 1.48. The van der Waals surface area contributed by atoms with Crippen molar-refractivity contribution in [2.45, 2.75) is 6.92 Å². The van der Waals surface area contributed by atoms with Gasteiger partial charge in [-0.2, -0.15) is 0 Å². The van der Waals surface area contributed by atoms with Gasteiger partial charge in [-0.05, 0) is 31.2 Å². The molecule has 2 nitrogen and oxygen atoms in total. The van der Waals surface area contributed by atoms with Gasteiger partial charge in [-0.1, -0.05) is 6.58 Å². The first kappa shape index (κ1) is 11.4. The fourth-order valence-corrected chi connectivity index (χ4v) is 1.20. The number of rotatable bonds is 4. The standard InChI is InChI=1S/C12H14FNO/c1-4-14-12(9(2)15-3)10-5-7-11(13)8-6-10/h5-8H,2,4H2,1,3H3/b14-12+. The highest BCUT2D eigenvalue weighted by molar-refractivity contribution is 6.10. The second-order valence-corrected chi connectivity index (χ2v) is 2.96. The van der Waals surface area contributed by atoms with Gasteiger partial charge in [0.25, 0.3) is 0 Å². The molecule has 0 unspecified atom stereocenters. The molecule has 0 aromatic heterocycles. The van der Waals surface area contributed by atoms with Crippen molar-refractivity contribution in [1.29, 1.82) is 0 Å². The van der Waals surface area contributed by atoms with Crippen molar-refractivity contribution in [3.05, 3.63) is 48.0 Å². The zero-order chi connectivity index (χ0) is 11.3. The maximum absolute atomic E-state index is 12.7. The minimum Gasteiger partial charge on any atom is -0.495 e. The van der Waals surface area contributed by atoms with E-state index < -0.39 is 0 Å². The Morgan fingerprint density at radius 3 is 2.47 bits per heavy atom. The zero-order valence-electron chi connectivity index (χ0n) is 8.96. The van der Waals surface area contributed by atoms with Crippen LogP contribution in [-0.4, -0.2) is 19.4 Å². The molecule has 0 spiro atoms. The largest absolute Gasteiger partial charge is 0.495 e. The van der Waals surface area contributed by atoms with Gasteiger partial charge in [-0.15, -0.1) is 0 Å². The molecule has 0 amide bonds. The molecule has 0 saturated heterocycles. The third kappa shape index (κ3) is 2.91. The number of hydrogen-bond acceptors (Lipinski definition) is 2. The van der Waals surface area contributed by atoms with Gasteiger partial charge in [0, 0.05) is 12.1 Å². The normalized spacial score (nSPS) is 11.3. The minimum atomic E-state index is -0.266. The van der Waals surface area contributed by atoms with Crippen molar-refractivity contribution < 1.29 is 9.13 Å². The summed E-state index contributed by atoms with van der Waals surface area (Å²) in [7, 11) is 1.54. The van der Waals surface area contributed by atoms with E-state index in [0.29, 0.717) is 18.0 Å². The van der Waals surface area contributed by atoms with E-state index in [-0.39, 0.29) is 5.82 Å². The molecule has 1 aromatic rings. The summed E-state index contributed by atoms with van der Waals surface area (Å²) in [6.45, 7) is 6.30. The van der Waals surface area contributed by atoms with E-state index in [1.54, 1.807) is 12.1 Å². The topological polar surface area (TPSA) is 21.6 Å². The van der Waals surface area contributed by atoms with E-state index in [0.717, 1.165) is 5.56 Å². The lowest BCUT2D eigenvalue weighted by Gasteiger charge is -2.08. The lowest BCUT2D eigenvalue weighted by Crippen LogP contribution is -2.06. The van der Waals surface area contributed by atoms with Crippen LogP contribution in [0.3, 0.4) is 0 Å². The molecule has 0 saturated carbocycles. The van der Waals surface area contributed by atoms with Crippen LogP contribution in [0.4, 0.5) is 4.39 Å². The first-order valence-electron chi connectivity index (χ1n) is 4.72. The molecule has 0 bridgehead atoms. The van der Waals surface area contributed by atoms with E-state index in [2.05, 4.69) is 11.6 Å². The molecule has 0 atom stereocenters. The van der Waals surface area contributed by atoms with Crippen LogP contribution in [-0.2, 0) is 4.74 Å². The van der Waals surface area contributed by atoms with Crippen LogP contribution in [0.1, 0.15) is 12.5 Å². The number of allylic oxidation sites excluding steroid dienone is 1. The molecule has 0 N–H and O–H groups in total. The first-order valence-corrected chi connectivity index (χ1v) is 4.72. The molecule has 80 valence electrons. The molecular weight excluding hydrogens is 193 g/mol. The lowest BCUT2D eigenvalue weighted by molar-refractivity contribution is 0.317. The Balaban J connectivity index is 3.05. The lowest BCUT2D eigenvalue weighted by atomic mass is 10.1. The highest BCUT2D eigenvalue weighted by Gasteiger charge is 2.07. The molecule has 0 aliphatic rings. The maximum Gasteiger partial charge on any atom is 0.137 e. The summed E-state index contributed by atoms with van der Waals surface area (Å²) in [5.74, 6) is 0.223. The molecule has 1 aromatic carbocycles. The van der Waals surface area contributed by atoms with E-state index >= 15 is 0 Å². The number of aliphatic imine (C=N–C) groups is 1. The highest BCUT2D eigenvalue weighted by atomic mass is 19.1. The van der Waals surface area contributed by atoms with Gasteiger partial charge in [0.15, 0.2) is 0 Å². The summed E-state index contributed by atoms with van der Waals surface area (Å²) in [4.78, 5) is 4.26. The van der Waals surface area contributed by atoms with Crippen LogP contribution < -0.4 is 0 Å². The smallest absolute Gasteiger partial charge is 0.137 e. The van der Waals surface area contributed by atoms with Gasteiger partial charge in [-0.25, -0.2) is 4.39 Å². The van der Waals surface area contributed by atoms with Crippen molar-refractivity contribution in [2.75, 3.05) is 13.7 Å². The summed E-state index contributed by atoms with van der Waals surface area (Å²) >= 11 is 0. The Hall–Kier alpha value is -1.64. The van der Waals surface area contributed by atoms with Gasteiger partial charge >= 0.3 is 0 Å². The second kappa shape index (κ2) is 5.29. The van der Waals surface area contributed by atoms with Crippen molar-refractivity contribution >= 4 is 5.71 Å². The van der Waals surface area contributed by atoms with Crippen LogP contribution in [0.25, 0.3) is 0 Å². The van der Waals surface area contributed by atoms with Crippen LogP contribution in [0.15, 0.2) is 41.6 Å². The maximum atomic E-state index is 12.7. The van der Waals surface area contributed by atoms with Crippen molar-refractivity contribution in [2.24, 2.45) is 4.99 Å². The zero-order valence-corrected chi connectivity index (χ0v) is 8.96. The van der Waals surface area contributed by atoms with Crippen LogP contribution in [0.2, 0.25) is 0 Å². The van der Waals surface area contributed by atoms with E-state index in [4.69, 9.17) is 4.74 Å². The number of nitrogens with zero attached hydrogens (tertiary/aromatic N) is 1. The van der Waals surface area contributed by atoms with Gasteiger partial charge in [0.05, 0.1) is 7.11 Å². The summed E-state index contributed by atoms with van der Waals surface area (Å²) < 4.78 is 17.8. The summed E-state index contributed by atoms with van der Waals surface area (Å²) in [6, 6.07) is 6.11. The quantitative estimate of drug-likeness (QED) is 0.549. The number of benzene rings is 1. The average Bonchev–Trinajstić information content (AvgIpc) is 2.26. The number of halogens is 1. The van der Waals surface area contributed by atoms with E-state index in [9.17, 15) is 4.39 Å². The van der Waals surface area contributed by atoms with Crippen molar-refractivity contribution in [1.82, 2.24) is 0 Å². The number of hydrogen-bond donors (Lipinski definition) is 0. The minimum absolute atomic E-state index is 0.266. The molecule has 1 rings (SSSR count). The molecule has 0 fully saturated rings. The monoisotopic (exact) mass is 207 g/mol. The molecule has 0 aliphatic carbocycles. The number of ether oxygens (including phenoxy) is 1. The average molecular weight is 207 g/mol. The Bertz CT molecular complexity index is 368. The second-order valence-electron chi connectivity index (χ2n) is 2.96. The Morgan fingerprint density at radius 2 is 2.00 bits per heavy atom. The Morgan fingerprint density at radius 1 is 1.40 bits per heavy atom. The molecule has 0 radical (unpaired) electrons. The molecule has 0 aliphatic heterocycles. The Labute approximate surface area is 89.1 Å². The van der Waals surface area contributed by atoms with Crippen LogP contribution >= 0.6 is 0 Å². The predicted molar refractivity (Wildman–Crippen MR) is 59.6 cm³/mol. The van der Waals surface area contributed by atoms with Crippen molar-refractivity contribution in [3.8, 4) is 0 Å². The van der Waals surface area contributed by atoms with Gasteiger partial charge in [0.2, 0.25) is 0 Å². The first-order chi connectivity index (χ1) is 7.19. The van der Waals surface area contributed by atoms with Crippen LogP contribution in [0, 0.1) is 5.82 Å². The molecule has 0 heterocycles. The van der Waals surface area contributed by atoms with E-state index in [1.807, 2.05) is 6.92 Å². The summed E-state index contributed by atoms with van der Waals surface area (Å²) in [6.07, 6.45) is 0. The Kier molecular flexibility index (Phi) is 4.03. The molecule has 3 heteroatoms. The third-order valence-corrected chi connectivity index (χ3v) is 1.94. The van der Waals surface area contributed by atoms with Crippen LogP contribution in [0.5, 0.6) is 0 Å². The third-order valence-electron chi connectivity index (χ3n) is 1.94. The fourth-order valence-electron chi connectivity index (χ4n) is 1.20.